The van der Waals surface area contributed by atoms with Crippen LogP contribution >= 0.6 is 0 Å². The summed E-state index contributed by atoms with van der Waals surface area (Å²) in [5.74, 6) is -0.831. The van der Waals surface area contributed by atoms with Gasteiger partial charge in [0.05, 0.1) is 6.04 Å². The maximum Gasteiger partial charge on any atom is 0.320 e. The molecule has 2 aromatic rings. The molecule has 0 aliphatic heterocycles. The number of aromatic nitrogens is 1. The molecular weight excluding hydrogens is 252 g/mol. The highest BCUT2D eigenvalue weighted by molar-refractivity contribution is 5.73. The Morgan fingerprint density at radius 2 is 1.75 bits per heavy atom. The zero-order chi connectivity index (χ0) is 14.4. The number of hydrogen-bond donors (Lipinski definition) is 2. The summed E-state index contributed by atoms with van der Waals surface area (Å²) in [6, 6.07) is 12.9. The molecule has 0 radical (unpaired) electrons. The van der Waals surface area contributed by atoms with Crippen LogP contribution in [-0.4, -0.2) is 22.1 Å². The van der Waals surface area contributed by atoms with Crippen LogP contribution in [0.1, 0.15) is 30.5 Å². The van der Waals surface area contributed by atoms with E-state index in [4.69, 9.17) is 0 Å². The lowest BCUT2D eigenvalue weighted by Gasteiger charge is -2.23. The molecule has 0 aliphatic rings. The summed E-state index contributed by atoms with van der Waals surface area (Å²) >= 11 is 0. The number of nitrogens with zero attached hydrogens (tertiary/aromatic N) is 1. The molecule has 1 aromatic carbocycles. The van der Waals surface area contributed by atoms with Gasteiger partial charge in [-0.1, -0.05) is 37.3 Å². The molecule has 0 amide bonds. The lowest BCUT2D eigenvalue weighted by molar-refractivity contribution is -0.139. The maximum absolute atomic E-state index is 11.3. The molecule has 0 fully saturated rings. The Balaban J connectivity index is 2.32. The largest absolute Gasteiger partial charge is 0.480 e. The van der Waals surface area contributed by atoms with Crippen LogP contribution in [0.2, 0.25) is 0 Å². The fraction of sp³-hybridized carbons (Fsp3) is 0.250. The van der Waals surface area contributed by atoms with E-state index in [9.17, 15) is 9.90 Å². The fourth-order valence-corrected chi connectivity index (χ4v) is 2.15. The number of pyridine rings is 1. The Morgan fingerprint density at radius 3 is 2.30 bits per heavy atom. The minimum absolute atomic E-state index is 0.153. The van der Waals surface area contributed by atoms with Gasteiger partial charge in [-0.25, -0.2) is 0 Å². The Bertz CT molecular complexity index is 503. The predicted octanol–water partition coefficient (Wildman–Crippen LogP) is 2.62. The predicted molar refractivity (Wildman–Crippen MR) is 77.4 cm³/mol. The van der Waals surface area contributed by atoms with Crippen molar-refractivity contribution in [3.63, 3.8) is 0 Å². The Labute approximate surface area is 118 Å². The summed E-state index contributed by atoms with van der Waals surface area (Å²) in [5.41, 5.74) is 2.05. The number of carboxylic acids is 1. The van der Waals surface area contributed by atoms with Crippen molar-refractivity contribution >= 4 is 5.97 Å². The van der Waals surface area contributed by atoms with Gasteiger partial charge < -0.3 is 5.11 Å². The summed E-state index contributed by atoms with van der Waals surface area (Å²) in [6.07, 6.45) is 3.97. The number of rotatable bonds is 6. The van der Waals surface area contributed by atoms with E-state index in [2.05, 4.69) is 10.3 Å². The topological polar surface area (TPSA) is 62.2 Å². The molecule has 2 rings (SSSR count). The number of carboxylic acid groups (broad SMARTS) is 1. The van der Waals surface area contributed by atoms with Gasteiger partial charge in [-0.05, 0) is 29.7 Å². The first-order valence-electron chi connectivity index (χ1n) is 6.66. The smallest absolute Gasteiger partial charge is 0.320 e. The van der Waals surface area contributed by atoms with Crippen LogP contribution in [0.4, 0.5) is 0 Å². The molecule has 4 nitrogen and oxygen atoms in total. The molecular formula is C16H18N2O2. The maximum atomic E-state index is 11.3. The molecule has 4 heteroatoms. The first kappa shape index (κ1) is 14.2. The van der Waals surface area contributed by atoms with E-state index in [0.29, 0.717) is 6.42 Å². The van der Waals surface area contributed by atoms with Crippen molar-refractivity contribution in [1.29, 1.82) is 0 Å². The second-order valence-corrected chi connectivity index (χ2v) is 4.59. The number of aliphatic carboxylic acids is 1. The van der Waals surface area contributed by atoms with Crippen molar-refractivity contribution in [3.05, 3.63) is 66.0 Å². The third-order valence-electron chi connectivity index (χ3n) is 3.25. The van der Waals surface area contributed by atoms with Crippen LogP contribution < -0.4 is 5.32 Å². The third-order valence-corrected chi connectivity index (χ3v) is 3.25. The monoisotopic (exact) mass is 270 g/mol. The molecule has 0 saturated carbocycles. The van der Waals surface area contributed by atoms with Crippen LogP contribution in [0.15, 0.2) is 54.9 Å². The first-order valence-corrected chi connectivity index (χ1v) is 6.66. The van der Waals surface area contributed by atoms with Crippen LogP contribution in [0.25, 0.3) is 0 Å². The molecule has 0 spiro atoms. The highest BCUT2D eigenvalue weighted by Gasteiger charge is 2.22. The van der Waals surface area contributed by atoms with Crippen molar-refractivity contribution < 1.29 is 9.90 Å². The summed E-state index contributed by atoms with van der Waals surface area (Å²) in [7, 11) is 0. The van der Waals surface area contributed by atoms with Crippen molar-refractivity contribution in [2.75, 3.05) is 0 Å². The van der Waals surface area contributed by atoms with E-state index in [-0.39, 0.29) is 6.04 Å². The van der Waals surface area contributed by atoms with Gasteiger partial charge in [0.2, 0.25) is 0 Å². The number of hydrogen-bond acceptors (Lipinski definition) is 3. The second kappa shape index (κ2) is 6.82. The molecule has 0 bridgehead atoms. The standard InChI is InChI=1S/C16H18N2O2/c1-2-14(16(19)20)18-15(12-6-4-3-5-7-12)13-8-10-17-11-9-13/h3-11,14-15,18H,2H2,1H3,(H,19,20). The normalized spacial score (nSPS) is 13.7. The summed E-state index contributed by atoms with van der Waals surface area (Å²) in [4.78, 5) is 15.3. The molecule has 104 valence electrons. The van der Waals surface area contributed by atoms with Crippen LogP contribution in [0, 0.1) is 0 Å². The van der Waals surface area contributed by atoms with Crippen molar-refractivity contribution in [2.45, 2.75) is 25.4 Å². The van der Waals surface area contributed by atoms with Gasteiger partial charge in [0.1, 0.15) is 6.04 Å². The van der Waals surface area contributed by atoms with Gasteiger partial charge >= 0.3 is 5.97 Å². The molecule has 0 saturated heterocycles. The Morgan fingerprint density at radius 1 is 1.15 bits per heavy atom. The van der Waals surface area contributed by atoms with Gasteiger partial charge in [-0.2, -0.15) is 0 Å². The number of benzene rings is 1. The van der Waals surface area contributed by atoms with E-state index < -0.39 is 12.0 Å². The summed E-state index contributed by atoms with van der Waals surface area (Å²) in [5, 5.41) is 12.4. The average Bonchev–Trinajstić information content (AvgIpc) is 2.50. The van der Waals surface area contributed by atoms with E-state index in [0.717, 1.165) is 11.1 Å². The quantitative estimate of drug-likeness (QED) is 0.847. The van der Waals surface area contributed by atoms with E-state index in [1.54, 1.807) is 12.4 Å². The SMILES string of the molecule is CCC(NC(c1ccccc1)c1ccncc1)C(=O)O. The van der Waals surface area contributed by atoms with Crippen molar-refractivity contribution in [3.8, 4) is 0 Å². The third kappa shape index (κ3) is 3.42. The van der Waals surface area contributed by atoms with E-state index >= 15 is 0 Å². The first-order chi connectivity index (χ1) is 9.72. The zero-order valence-corrected chi connectivity index (χ0v) is 11.4. The highest BCUT2D eigenvalue weighted by atomic mass is 16.4. The van der Waals surface area contributed by atoms with Gasteiger partial charge in [0.25, 0.3) is 0 Å². The molecule has 1 heterocycles. The lowest BCUT2D eigenvalue weighted by Crippen LogP contribution is -2.39. The van der Waals surface area contributed by atoms with Gasteiger partial charge in [-0.3, -0.25) is 15.1 Å². The Kier molecular flexibility index (Phi) is 4.85. The Hall–Kier alpha value is -2.20. The molecule has 2 atom stereocenters. The van der Waals surface area contributed by atoms with Gasteiger partial charge in [0, 0.05) is 12.4 Å². The van der Waals surface area contributed by atoms with Crippen molar-refractivity contribution in [2.24, 2.45) is 0 Å². The zero-order valence-electron chi connectivity index (χ0n) is 11.4. The van der Waals surface area contributed by atoms with Crippen LogP contribution in [0.5, 0.6) is 0 Å². The molecule has 2 unspecified atom stereocenters. The number of carbonyl (C=O) groups is 1. The molecule has 2 N–H and O–H groups in total. The molecule has 1 aromatic heterocycles. The number of nitrogens with one attached hydrogen (secondary N) is 1. The van der Waals surface area contributed by atoms with Crippen molar-refractivity contribution in [1.82, 2.24) is 10.3 Å². The van der Waals surface area contributed by atoms with E-state index in [1.165, 1.54) is 0 Å². The summed E-state index contributed by atoms with van der Waals surface area (Å²) in [6.45, 7) is 1.86. The minimum Gasteiger partial charge on any atom is -0.480 e. The molecule has 0 aliphatic carbocycles. The van der Waals surface area contributed by atoms with Crippen LogP contribution in [0.3, 0.4) is 0 Å². The van der Waals surface area contributed by atoms with Crippen LogP contribution in [-0.2, 0) is 4.79 Å². The highest BCUT2D eigenvalue weighted by Crippen LogP contribution is 2.22. The molecule has 20 heavy (non-hydrogen) atoms. The average molecular weight is 270 g/mol. The van der Waals surface area contributed by atoms with Gasteiger partial charge in [0.15, 0.2) is 0 Å². The van der Waals surface area contributed by atoms with Gasteiger partial charge in [-0.15, -0.1) is 0 Å². The minimum atomic E-state index is -0.831. The fourth-order valence-electron chi connectivity index (χ4n) is 2.15. The second-order valence-electron chi connectivity index (χ2n) is 4.59. The lowest BCUT2D eigenvalue weighted by atomic mass is 9.98. The summed E-state index contributed by atoms with van der Waals surface area (Å²) < 4.78 is 0. The van der Waals surface area contributed by atoms with E-state index in [1.807, 2.05) is 49.4 Å².